The van der Waals surface area contributed by atoms with Gasteiger partial charge in [0.1, 0.15) is 5.69 Å². The molecule has 0 aliphatic carbocycles. The summed E-state index contributed by atoms with van der Waals surface area (Å²) < 4.78 is 2.76. The van der Waals surface area contributed by atoms with Gasteiger partial charge in [0.05, 0.1) is 0 Å². The van der Waals surface area contributed by atoms with Crippen molar-refractivity contribution in [3.63, 3.8) is 0 Å². The van der Waals surface area contributed by atoms with E-state index < -0.39 is 0 Å². The van der Waals surface area contributed by atoms with Crippen molar-refractivity contribution >= 4 is 11.6 Å². The fourth-order valence-corrected chi connectivity index (χ4v) is 2.00. The summed E-state index contributed by atoms with van der Waals surface area (Å²) in [6.45, 7) is 0. The van der Waals surface area contributed by atoms with Crippen molar-refractivity contribution in [3.05, 3.63) is 58.8 Å². The summed E-state index contributed by atoms with van der Waals surface area (Å²) in [4.78, 5) is 32.3. The lowest BCUT2D eigenvalue weighted by molar-refractivity contribution is 0.0954. The van der Waals surface area contributed by atoms with Gasteiger partial charge >= 0.3 is 0 Å². The van der Waals surface area contributed by atoms with Crippen molar-refractivity contribution in [2.45, 2.75) is 0 Å². The van der Waals surface area contributed by atoms with Crippen molar-refractivity contribution < 1.29 is 4.79 Å². The second-order valence-electron chi connectivity index (χ2n) is 4.06. The number of fused-ring (bicyclic) bond motifs is 1. The molecule has 0 radical (unpaired) electrons. The molecule has 3 heterocycles. The minimum atomic E-state index is -0.319. The number of hydrogen-bond donors (Lipinski definition) is 1. The van der Waals surface area contributed by atoms with Gasteiger partial charge in [-0.05, 0) is 12.1 Å². The molecule has 0 bridgehead atoms. The van der Waals surface area contributed by atoms with E-state index in [1.54, 1.807) is 30.5 Å². The molecule has 0 unspecified atom stereocenters. The molecule has 0 fully saturated rings. The number of rotatable bonds is 2. The van der Waals surface area contributed by atoms with Gasteiger partial charge in [0.2, 0.25) is 0 Å². The maximum Gasteiger partial charge on any atom is 0.273 e. The van der Waals surface area contributed by atoms with E-state index in [1.807, 2.05) is 0 Å². The SMILES string of the molecule is CNC(=O)c1cc2nccc(=O)n2n1-c1ccccn1. The van der Waals surface area contributed by atoms with Crippen LogP contribution in [0.25, 0.3) is 11.5 Å². The zero-order valence-corrected chi connectivity index (χ0v) is 10.6. The van der Waals surface area contributed by atoms with E-state index in [2.05, 4.69) is 15.3 Å². The molecule has 3 aromatic heterocycles. The summed E-state index contributed by atoms with van der Waals surface area (Å²) in [5.74, 6) is 0.150. The quantitative estimate of drug-likeness (QED) is 0.722. The smallest absolute Gasteiger partial charge is 0.273 e. The van der Waals surface area contributed by atoms with E-state index in [4.69, 9.17) is 0 Å². The lowest BCUT2D eigenvalue weighted by Gasteiger charge is -2.08. The van der Waals surface area contributed by atoms with Gasteiger partial charge in [-0.15, -0.1) is 0 Å². The maximum absolute atomic E-state index is 12.0. The van der Waals surface area contributed by atoms with Crippen LogP contribution in [-0.2, 0) is 0 Å². The van der Waals surface area contributed by atoms with Crippen LogP contribution in [0.4, 0.5) is 0 Å². The van der Waals surface area contributed by atoms with Crippen molar-refractivity contribution in [3.8, 4) is 5.82 Å². The number of pyridine rings is 1. The van der Waals surface area contributed by atoms with Crippen LogP contribution in [0.15, 0.2) is 47.5 Å². The first kappa shape index (κ1) is 12.1. The van der Waals surface area contributed by atoms with Crippen LogP contribution in [-0.4, -0.2) is 32.1 Å². The van der Waals surface area contributed by atoms with Crippen LogP contribution in [0.2, 0.25) is 0 Å². The molecule has 1 N–H and O–H groups in total. The Kier molecular flexibility index (Phi) is 2.79. The highest BCUT2D eigenvalue weighted by atomic mass is 16.2. The molecule has 0 aliphatic rings. The average molecular weight is 269 g/mol. The molecular weight excluding hydrogens is 258 g/mol. The molecule has 0 saturated heterocycles. The normalized spacial score (nSPS) is 10.7. The number of carbonyl (C=O) groups excluding carboxylic acids is 1. The summed E-state index contributed by atoms with van der Waals surface area (Å²) in [6, 6.07) is 8.14. The number of hydrogen-bond acceptors (Lipinski definition) is 4. The summed E-state index contributed by atoms with van der Waals surface area (Å²) in [5, 5.41) is 2.54. The van der Waals surface area contributed by atoms with Gasteiger partial charge in [-0.25, -0.2) is 14.6 Å². The fourth-order valence-electron chi connectivity index (χ4n) is 2.00. The monoisotopic (exact) mass is 269 g/mol. The second-order valence-corrected chi connectivity index (χ2v) is 4.06. The highest BCUT2D eigenvalue weighted by Gasteiger charge is 2.18. The third-order valence-electron chi connectivity index (χ3n) is 2.87. The minimum Gasteiger partial charge on any atom is -0.354 e. The van der Waals surface area contributed by atoms with Gasteiger partial charge in [-0.1, -0.05) is 6.07 Å². The average Bonchev–Trinajstić information content (AvgIpc) is 2.88. The molecule has 0 saturated carbocycles. The zero-order valence-electron chi connectivity index (χ0n) is 10.6. The Morgan fingerprint density at radius 1 is 1.20 bits per heavy atom. The first-order valence-corrected chi connectivity index (χ1v) is 5.95. The third-order valence-corrected chi connectivity index (χ3v) is 2.87. The van der Waals surface area contributed by atoms with Crippen LogP contribution in [0, 0.1) is 0 Å². The summed E-state index contributed by atoms with van der Waals surface area (Å²) in [6.07, 6.45) is 3.00. The molecule has 20 heavy (non-hydrogen) atoms. The van der Waals surface area contributed by atoms with Crippen LogP contribution in [0.3, 0.4) is 0 Å². The molecule has 0 atom stereocenters. The zero-order chi connectivity index (χ0) is 14.1. The Bertz CT molecular complexity index is 835. The van der Waals surface area contributed by atoms with Gasteiger partial charge in [0, 0.05) is 31.6 Å². The first-order valence-electron chi connectivity index (χ1n) is 5.95. The van der Waals surface area contributed by atoms with Gasteiger partial charge in [0.15, 0.2) is 11.5 Å². The van der Waals surface area contributed by atoms with Crippen LogP contribution < -0.4 is 10.9 Å². The van der Waals surface area contributed by atoms with E-state index >= 15 is 0 Å². The molecule has 100 valence electrons. The van der Waals surface area contributed by atoms with Crippen molar-refractivity contribution in [2.75, 3.05) is 7.05 Å². The fraction of sp³-hybridized carbons (Fsp3) is 0.0769. The number of nitrogens with one attached hydrogen (secondary N) is 1. The van der Waals surface area contributed by atoms with Crippen molar-refractivity contribution in [2.24, 2.45) is 0 Å². The number of nitrogens with zero attached hydrogens (tertiary/aromatic N) is 4. The topological polar surface area (TPSA) is 81.3 Å². The third kappa shape index (κ3) is 1.76. The Morgan fingerprint density at radius 3 is 2.75 bits per heavy atom. The largest absolute Gasteiger partial charge is 0.354 e. The predicted octanol–water partition coefficient (Wildman–Crippen LogP) is 0.240. The maximum atomic E-state index is 12.0. The molecular formula is C13H11N5O2. The Hall–Kier alpha value is -2.96. The Labute approximate surface area is 113 Å². The summed E-state index contributed by atoms with van der Waals surface area (Å²) in [5.41, 5.74) is 0.402. The van der Waals surface area contributed by atoms with E-state index in [0.717, 1.165) is 0 Å². The molecule has 3 aromatic rings. The summed E-state index contributed by atoms with van der Waals surface area (Å²) >= 11 is 0. The van der Waals surface area contributed by atoms with Crippen LogP contribution in [0.1, 0.15) is 10.5 Å². The molecule has 7 heteroatoms. The Morgan fingerprint density at radius 2 is 2.05 bits per heavy atom. The minimum absolute atomic E-state index is 0.282. The van der Waals surface area contributed by atoms with Crippen molar-refractivity contribution in [1.29, 1.82) is 0 Å². The summed E-state index contributed by atoms with van der Waals surface area (Å²) in [7, 11) is 1.53. The number of carbonyl (C=O) groups is 1. The van der Waals surface area contributed by atoms with Gasteiger partial charge in [0.25, 0.3) is 11.5 Å². The molecule has 1 amide bonds. The number of amides is 1. The number of aromatic nitrogens is 4. The standard InChI is InChI=1S/C13H11N5O2/c1-14-13(20)9-8-11-16-7-5-12(19)18(11)17(9)10-4-2-3-6-15-10/h2-8H,1H3,(H,14,20). The lowest BCUT2D eigenvalue weighted by Crippen LogP contribution is -2.26. The second kappa shape index (κ2) is 4.61. The molecule has 0 spiro atoms. The predicted molar refractivity (Wildman–Crippen MR) is 72.0 cm³/mol. The van der Waals surface area contributed by atoms with Crippen LogP contribution >= 0.6 is 0 Å². The van der Waals surface area contributed by atoms with E-state index in [9.17, 15) is 9.59 Å². The molecule has 0 aliphatic heterocycles. The van der Waals surface area contributed by atoms with E-state index in [-0.39, 0.29) is 11.5 Å². The molecule has 7 nitrogen and oxygen atoms in total. The van der Waals surface area contributed by atoms with E-state index in [1.165, 1.54) is 28.5 Å². The highest BCUT2D eigenvalue weighted by molar-refractivity contribution is 5.94. The van der Waals surface area contributed by atoms with Crippen LogP contribution in [0.5, 0.6) is 0 Å². The lowest BCUT2D eigenvalue weighted by atomic mass is 10.4. The van der Waals surface area contributed by atoms with E-state index in [0.29, 0.717) is 17.2 Å². The molecule has 3 rings (SSSR count). The first-order chi connectivity index (χ1) is 9.72. The molecule has 0 aromatic carbocycles. The highest BCUT2D eigenvalue weighted by Crippen LogP contribution is 2.12. The van der Waals surface area contributed by atoms with Gasteiger partial charge in [-0.2, -0.15) is 4.52 Å². The van der Waals surface area contributed by atoms with Gasteiger partial charge in [-0.3, -0.25) is 9.59 Å². The van der Waals surface area contributed by atoms with Crippen molar-refractivity contribution in [1.82, 2.24) is 24.5 Å². The Balaban J connectivity index is 2.43. The van der Waals surface area contributed by atoms with Gasteiger partial charge < -0.3 is 5.32 Å².